The number of para-hydroxylation sites is 1. The predicted octanol–water partition coefficient (Wildman–Crippen LogP) is -0.948. The molecule has 5 atom stereocenters. The standard InChI is InChI=1S/C27H38N8O6/c1-15(36)23(26(39)34-22(27(40)41)10-16-12-31-20-7-3-2-6-18(16)20)35-25(38)21(8-4-5-9-28)33-24(37)19(29)11-17-13-30-14-32-17/h2-3,6-7,12-15,19,21-23,31,36H,4-5,8-11,28-29H2,1H3,(H,30,32)(H,33,37)(H,34,39)(H,35,38)(H,40,41). The van der Waals surface area contributed by atoms with Crippen LogP contribution < -0.4 is 27.4 Å². The van der Waals surface area contributed by atoms with Crippen molar-refractivity contribution in [2.75, 3.05) is 6.54 Å². The Hall–Kier alpha value is -4.27. The lowest BCUT2D eigenvalue weighted by Crippen LogP contribution is -2.60. The molecule has 0 spiro atoms. The number of carboxylic acid groups (broad SMARTS) is 1. The summed E-state index contributed by atoms with van der Waals surface area (Å²) in [5.41, 5.74) is 13.7. The van der Waals surface area contributed by atoms with Gasteiger partial charge in [-0.2, -0.15) is 0 Å². The van der Waals surface area contributed by atoms with E-state index in [0.717, 1.165) is 10.9 Å². The number of rotatable bonds is 16. The Balaban J connectivity index is 1.68. The van der Waals surface area contributed by atoms with E-state index in [1.807, 2.05) is 24.3 Å². The first-order chi connectivity index (χ1) is 19.6. The zero-order chi connectivity index (χ0) is 29.9. The SMILES string of the molecule is CC(O)C(NC(=O)C(CCCCN)NC(=O)C(N)Cc1cnc[nH]1)C(=O)NC(Cc1c[nH]c2ccccc12)C(=O)O. The number of amides is 3. The molecule has 222 valence electrons. The van der Waals surface area contributed by atoms with Gasteiger partial charge in [0.1, 0.15) is 18.1 Å². The molecule has 0 aliphatic rings. The summed E-state index contributed by atoms with van der Waals surface area (Å²) in [5.74, 6) is -3.48. The van der Waals surface area contributed by atoms with Crippen molar-refractivity contribution in [3.8, 4) is 0 Å². The van der Waals surface area contributed by atoms with E-state index in [1.165, 1.54) is 19.4 Å². The fraction of sp³-hybridized carbons (Fsp3) is 0.444. The zero-order valence-electron chi connectivity index (χ0n) is 22.8. The van der Waals surface area contributed by atoms with Crippen molar-refractivity contribution in [3.05, 3.63) is 54.2 Å². The molecular formula is C27H38N8O6. The molecule has 14 nitrogen and oxygen atoms in total. The van der Waals surface area contributed by atoms with Crippen molar-refractivity contribution in [1.29, 1.82) is 0 Å². The van der Waals surface area contributed by atoms with Gasteiger partial charge >= 0.3 is 5.97 Å². The van der Waals surface area contributed by atoms with Gasteiger partial charge in [-0.15, -0.1) is 0 Å². The summed E-state index contributed by atoms with van der Waals surface area (Å²) in [6.07, 6.45) is 4.73. The van der Waals surface area contributed by atoms with Crippen LogP contribution in [-0.4, -0.2) is 85.7 Å². The zero-order valence-corrected chi connectivity index (χ0v) is 22.8. The first kappa shape index (κ1) is 31.3. The van der Waals surface area contributed by atoms with Gasteiger partial charge in [0.05, 0.1) is 18.5 Å². The first-order valence-corrected chi connectivity index (χ1v) is 13.4. The lowest BCUT2D eigenvalue weighted by Gasteiger charge is -2.26. The number of nitrogens with two attached hydrogens (primary N) is 2. The number of aromatic amines is 2. The van der Waals surface area contributed by atoms with E-state index in [-0.39, 0.29) is 19.3 Å². The number of carboxylic acids is 1. The molecule has 1 aromatic carbocycles. The molecule has 3 rings (SSSR count). The lowest BCUT2D eigenvalue weighted by atomic mass is 10.0. The molecule has 5 unspecified atom stereocenters. The number of H-pyrrole nitrogens is 2. The summed E-state index contributed by atoms with van der Waals surface area (Å²) >= 11 is 0. The maximum Gasteiger partial charge on any atom is 0.326 e. The summed E-state index contributed by atoms with van der Waals surface area (Å²) in [7, 11) is 0. The Morgan fingerprint density at radius 2 is 1.71 bits per heavy atom. The molecule has 41 heavy (non-hydrogen) atoms. The molecule has 2 aromatic heterocycles. The monoisotopic (exact) mass is 570 g/mol. The third kappa shape index (κ3) is 8.86. The summed E-state index contributed by atoms with van der Waals surface area (Å²) < 4.78 is 0. The van der Waals surface area contributed by atoms with Crippen LogP contribution in [0.2, 0.25) is 0 Å². The number of unbranched alkanes of at least 4 members (excludes halogenated alkanes) is 1. The molecule has 0 radical (unpaired) electrons. The van der Waals surface area contributed by atoms with Crippen LogP contribution in [0.1, 0.15) is 37.4 Å². The van der Waals surface area contributed by atoms with E-state index in [4.69, 9.17) is 11.5 Å². The fourth-order valence-electron chi connectivity index (χ4n) is 4.41. The molecule has 3 aromatic rings. The highest BCUT2D eigenvalue weighted by Crippen LogP contribution is 2.19. The van der Waals surface area contributed by atoms with E-state index < -0.39 is 54.0 Å². The number of benzene rings is 1. The molecule has 0 fully saturated rings. The van der Waals surface area contributed by atoms with E-state index in [1.54, 1.807) is 6.20 Å². The number of nitrogens with zero attached hydrogens (tertiary/aromatic N) is 1. The molecule has 0 bridgehead atoms. The minimum Gasteiger partial charge on any atom is -0.480 e. The van der Waals surface area contributed by atoms with Gasteiger partial charge in [0.25, 0.3) is 0 Å². The number of carbonyl (C=O) groups excluding carboxylic acids is 3. The Kier molecular flexibility index (Phi) is 11.4. The average molecular weight is 571 g/mol. The number of fused-ring (bicyclic) bond motifs is 1. The molecule has 14 heteroatoms. The molecule has 0 aliphatic heterocycles. The summed E-state index contributed by atoms with van der Waals surface area (Å²) in [6.45, 7) is 1.68. The number of aromatic nitrogens is 3. The van der Waals surface area contributed by atoms with Crippen LogP contribution in [0.5, 0.6) is 0 Å². The second-order valence-electron chi connectivity index (χ2n) is 9.92. The number of aliphatic hydroxyl groups excluding tert-OH is 1. The maximum absolute atomic E-state index is 13.2. The Morgan fingerprint density at radius 3 is 2.37 bits per heavy atom. The normalized spacial score (nSPS) is 14.9. The van der Waals surface area contributed by atoms with Crippen molar-refractivity contribution in [2.24, 2.45) is 11.5 Å². The van der Waals surface area contributed by atoms with Crippen molar-refractivity contribution in [1.82, 2.24) is 30.9 Å². The van der Waals surface area contributed by atoms with Gasteiger partial charge < -0.3 is 47.6 Å². The lowest BCUT2D eigenvalue weighted by molar-refractivity contribution is -0.143. The van der Waals surface area contributed by atoms with Gasteiger partial charge in [0.15, 0.2) is 0 Å². The van der Waals surface area contributed by atoms with Crippen LogP contribution in [0.15, 0.2) is 43.0 Å². The maximum atomic E-state index is 13.2. The largest absolute Gasteiger partial charge is 0.480 e. The molecule has 0 saturated carbocycles. The Morgan fingerprint density at radius 1 is 0.976 bits per heavy atom. The van der Waals surface area contributed by atoms with Gasteiger partial charge in [-0.25, -0.2) is 9.78 Å². The van der Waals surface area contributed by atoms with Gasteiger partial charge in [-0.05, 0) is 44.4 Å². The molecule has 3 amide bonds. The number of carbonyl (C=O) groups is 4. The van der Waals surface area contributed by atoms with E-state index in [9.17, 15) is 29.4 Å². The molecule has 0 aliphatic carbocycles. The molecule has 0 saturated heterocycles. The van der Waals surface area contributed by atoms with Crippen molar-refractivity contribution < 1.29 is 29.4 Å². The fourth-order valence-corrected chi connectivity index (χ4v) is 4.41. The quantitative estimate of drug-likeness (QED) is 0.0963. The Bertz CT molecular complexity index is 1310. The number of aliphatic carboxylic acids is 1. The molecule has 11 N–H and O–H groups in total. The van der Waals surface area contributed by atoms with Crippen LogP contribution in [0.25, 0.3) is 10.9 Å². The van der Waals surface area contributed by atoms with Crippen LogP contribution >= 0.6 is 0 Å². The summed E-state index contributed by atoms with van der Waals surface area (Å²) in [5, 5.41) is 28.4. The number of aliphatic hydroxyl groups is 1. The third-order valence-corrected chi connectivity index (χ3v) is 6.69. The number of imidazole rings is 1. The van der Waals surface area contributed by atoms with E-state index in [0.29, 0.717) is 30.6 Å². The van der Waals surface area contributed by atoms with Crippen LogP contribution in [0, 0.1) is 0 Å². The average Bonchev–Trinajstić information content (AvgIpc) is 3.60. The van der Waals surface area contributed by atoms with Gasteiger partial charge in [-0.1, -0.05) is 18.2 Å². The van der Waals surface area contributed by atoms with Crippen LogP contribution in [-0.2, 0) is 32.0 Å². The first-order valence-electron chi connectivity index (χ1n) is 13.4. The Labute approximate surface area is 236 Å². The van der Waals surface area contributed by atoms with Crippen molar-refractivity contribution in [3.63, 3.8) is 0 Å². The predicted molar refractivity (Wildman–Crippen MR) is 150 cm³/mol. The van der Waals surface area contributed by atoms with Gasteiger partial charge in [0, 0.05) is 41.8 Å². The number of nitrogens with one attached hydrogen (secondary N) is 5. The molecular weight excluding hydrogens is 532 g/mol. The minimum absolute atomic E-state index is 0.0302. The highest BCUT2D eigenvalue weighted by Gasteiger charge is 2.33. The highest BCUT2D eigenvalue weighted by atomic mass is 16.4. The highest BCUT2D eigenvalue weighted by molar-refractivity contribution is 5.94. The van der Waals surface area contributed by atoms with Crippen molar-refractivity contribution in [2.45, 2.75) is 69.3 Å². The molecule has 2 heterocycles. The minimum atomic E-state index is -1.49. The third-order valence-electron chi connectivity index (χ3n) is 6.69. The van der Waals surface area contributed by atoms with Crippen LogP contribution in [0.4, 0.5) is 0 Å². The second kappa shape index (κ2) is 14.9. The second-order valence-corrected chi connectivity index (χ2v) is 9.92. The summed E-state index contributed by atoms with van der Waals surface area (Å²) in [4.78, 5) is 60.9. The van der Waals surface area contributed by atoms with Crippen molar-refractivity contribution >= 4 is 34.6 Å². The van der Waals surface area contributed by atoms with Gasteiger partial charge in [-0.3, -0.25) is 14.4 Å². The summed E-state index contributed by atoms with van der Waals surface area (Å²) in [6, 6.07) is 2.47. The van der Waals surface area contributed by atoms with Crippen LogP contribution in [0.3, 0.4) is 0 Å². The van der Waals surface area contributed by atoms with E-state index >= 15 is 0 Å². The topological polar surface area (TPSA) is 241 Å². The number of hydrogen-bond acceptors (Lipinski definition) is 8. The van der Waals surface area contributed by atoms with Gasteiger partial charge in [0.2, 0.25) is 17.7 Å². The van der Waals surface area contributed by atoms with E-state index in [2.05, 4.69) is 30.9 Å². The number of hydrogen-bond donors (Lipinski definition) is 9. The smallest absolute Gasteiger partial charge is 0.326 e.